The molecule has 0 bridgehead atoms. The second-order valence-corrected chi connectivity index (χ2v) is 7.11. The van der Waals surface area contributed by atoms with E-state index in [4.69, 9.17) is 5.26 Å². The summed E-state index contributed by atoms with van der Waals surface area (Å²) in [5.74, 6) is 0. The van der Waals surface area contributed by atoms with E-state index in [-0.39, 0.29) is 4.90 Å². The molecule has 1 aliphatic rings. The molecular weight excluding hydrogens is 274 g/mol. The number of hydrogen-bond donors (Lipinski definition) is 0. The van der Waals surface area contributed by atoms with Crippen molar-refractivity contribution >= 4 is 10.0 Å². The van der Waals surface area contributed by atoms with E-state index in [2.05, 4.69) is 18.7 Å². The van der Waals surface area contributed by atoms with Crippen LogP contribution >= 0.6 is 0 Å². The summed E-state index contributed by atoms with van der Waals surface area (Å²) in [6.45, 7) is 6.71. The maximum absolute atomic E-state index is 12.5. The maximum atomic E-state index is 12.5. The molecule has 0 saturated carbocycles. The van der Waals surface area contributed by atoms with Gasteiger partial charge in [0.05, 0.1) is 16.5 Å². The fourth-order valence-electron chi connectivity index (χ4n) is 2.34. The molecule has 0 N–H and O–H groups in total. The lowest BCUT2D eigenvalue weighted by Gasteiger charge is -2.36. The summed E-state index contributed by atoms with van der Waals surface area (Å²) >= 11 is 0. The minimum Gasteiger partial charge on any atom is -0.298 e. The zero-order valence-corrected chi connectivity index (χ0v) is 12.6. The average Bonchev–Trinajstić information content (AvgIpc) is 2.47. The number of piperazine rings is 1. The van der Waals surface area contributed by atoms with Crippen LogP contribution in [0.3, 0.4) is 0 Å². The Bertz CT molecular complexity index is 612. The van der Waals surface area contributed by atoms with Crippen LogP contribution in [0.5, 0.6) is 0 Å². The third-order valence-corrected chi connectivity index (χ3v) is 5.50. The molecule has 1 aromatic carbocycles. The standard InChI is InChI=1S/C14H19N3O2S/c1-12(2)16-6-8-17(9-7-16)20(18,19)14-5-3-4-13(10-14)11-15/h3-5,10,12H,6-9H2,1-2H3. The molecule has 1 aromatic rings. The van der Waals surface area contributed by atoms with Gasteiger partial charge < -0.3 is 0 Å². The van der Waals surface area contributed by atoms with Crippen molar-refractivity contribution in [1.29, 1.82) is 5.26 Å². The average molecular weight is 293 g/mol. The monoisotopic (exact) mass is 293 g/mol. The molecule has 1 heterocycles. The van der Waals surface area contributed by atoms with Crippen LogP contribution in [0.4, 0.5) is 0 Å². The van der Waals surface area contributed by atoms with E-state index in [0.717, 1.165) is 13.1 Å². The highest BCUT2D eigenvalue weighted by Crippen LogP contribution is 2.19. The minimum absolute atomic E-state index is 0.203. The van der Waals surface area contributed by atoms with E-state index in [0.29, 0.717) is 24.7 Å². The van der Waals surface area contributed by atoms with Crippen LogP contribution in [-0.2, 0) is 10.0 Å². The molecule has 0 spiro atoms. The van der Waals surface area contributed by atoms with Gasteiger partial charge in [0.2, 0.25) is 10.0 Å². The largest absolute Gasteiger partial charge is 0.298 e. The van der Waals surface area contributed by atoms with Crippen molar-refractivity contribution in [1.82, 2.24) is 9.21 Å². The highest BCUT2D eigenvalue weighted by molar-refractivity contribution is 7.89. The molecule has 1 saturated heterocycles. The van der Waals surface area contributed by atoms with Crippen molar-refractivity contribution in [2.75, 3.05) is 26.2 Å². The van der Waals surface area contributed by atoms with Crippen molar-refractivity contribution < 1.29 is 8.42 Å². The van der Waals surface area contributed by atoms with Gasteiger partial charge in [0, 0.05) is 32.2 Å². The van der Waals surface area contributed by atoms with Crippen LogP contribution in [0.25, 0.3) is 0 Å². The molecule has 0 aliphatic carbocycles. The van der Waals surface area contributed by atoms with Gasteiger partial charge in [-0.3, -0.25) is 4.90 Å². The lowest BCUT2D eigenvalue weighted by atomic mass is 10.2. The zero-order valence-electron chi connectivity index (χ0n) is 11.8. The number of hydrogen-bond acceptors (Lipinski definition) is 4. The molecule has 0 radical (unpaired) electrons. The van der Waals surface area contributed by atoms with Gasteiger partial charge in [0.1, 0.15) is 0 Å². The molecule has 108 valence electrons. The lowest BCUT2D eigenvalue weighted by Crippen LogP contribution is -2.50. The zero-order chi connectivity index (χ0) is 14.8. The van der Waals surface area contributed by atoms with Crippen molar-refractivity contribution in [3.8, 4) is 6.07 Å². The van der Waals surface area contributed by atoms with Gasteiger partial charge in [0.25, 0.3) is 0 Å². The molecule has 0 unspecified atom stereocenters. The Labute approximate surface area is 120 Å². The van der Waals surface area contributed by atoms with Crippen molar-refractivity contribution in [2.24, 2.45) is 0 Å². The van der Waals surface area contributed by atoms with Crippen molar-refractivity contribution in [2.45, 2.75) is 24.8 Å². The Morgan fingerprint density at radius 3 is 2.40 bits per heavy atom. The van der Waals surface area contributed by atoms with Gasteiger partial charge in [-0.05, 0) is 32.0 Å². The van der Waals surface area contributed by atoms with E-state index < -0.39 is 10.0 Å². The third-order valence-electron chi connectivity index (χ3n) is 3.60. The predicted molar refractivity (Wildman–Crippen MR) is 76.6 cm³/mol. The fourth-order valence-corrected chi connectivity index (χ4v) is 3.80. The SMILES string of the molecule is CC(C)N1CCN(S(=O)(=O)c2cccc(C#N)c2)CC1. The highest BCUT2D eigenvalue weighted by Gasteiger charge is 2.29. The van der Waals surface area contributed by atoms with Gasteiger partial charge in [-0.2, -0.15) is 9.57 Å². The maximum Gasteiger partial charge on any atom is 0.243 e. The summed E-state index contributed by atoms with van der Waals surface area (Å²) < 4.78 is 26.6. The van der Waals surface area contributed by atoms with Gasteiger partial charge in [-0.15, -0.1) is 0 Å². The van der Waals surface area contributed by atoms with Crippen molar-refractivity contribution in [3.05, 3.63) is 29.8 Å². The Morgan fingerprint density at radius 1 is 1.20 bits per heavy atom. The van der Waals surface area contributed by atoms with Crippen LogP contribution in [0.1, 0.15) is 19.4 Å². The van der Waals surface area contributed by atoms with E-state index in [1.807, 2.05) is 6.07 Å². The molecule has 0 amide bonds. The normalized spacial score (nSPS) is 18.1. The van der Waals surface area contributed by atoms with Crippen LogP contribution in [0.15, 0.2) is 29.2 Å². The summed E-state index contributed by atoms with van der Waals surface area (Å²) in [5.41, 5.74) is 0.367. The Hall–Kier alpha value is -1.42. The minimum atomic E-state index is -3.49. The summed E-state index contributed by atoms with van der Waals surface area (Å²) in [4.78, 5) is 2.46. The van der Waals surface area contributed by atoms with E-state index in [9.17, 15) is 8.42 Å². The first-order chi connectivity index (χ1) is 9.45. The smallest absolute Gasteiger partial charge is 0.243 e. The Morgan fingerprint density at radius 2 is 1.85 bits per heavy atom. The summed E-state index contributed by atoms with van der Waals surface area (Å²) in [6, 6.07) is 8.60. The Kier molecular flexibility index (Phi) is 4.43. The van der Waals surface area contributed by atoms with Gasteiger partial charge >= 0.3 is 0 Å². The molecule has 0 aromatic heterocycles. The number of sulfonamides is 1. The van der Waals surface area contributed by atoms with E-state index >= 15 is 0 Å². The van der Waals surface area contributed by atoms with Gasteiger partial charge in [-0.25, -0.2) is 8.42 Å². The van der Waals surface area contributed by atoms with Gasteiger partial charge in [0.15, 0.2) is 0 Å². The van der Waals surface area contributed by atoms with Crippen LogP contribution < -0.4 is 0 Å². The first-order valence-electron chi connectivity index (χ1n) is 6.69. The molecule has 1 fully saturated rings. The topological polar surface area (TPSA) is 64.4 Å². The number of nitrogens with zero attached hydrogens (tertiary/aromatic N) is 3. The third kappa shape index (κ3) is 3.01. The van der Waals surface area contributed by atoms with Crippen LogP contribution in [0.2, 0.25) is 0 Å². The molecule has 2 rings (SSSR count). The molecule has 20 heavy (non-hydrogen) atoms. The molecule has 0 atom stereocenters. The molecule has 6 heteroatoms. The summed E-state index contributed by atoms with van der Waals surface area (Å²) in [7, 11) is -3.49. The van der Waals surface area contributed by atoms with Crippen LogP contribution in [0, 0.1) is 11.3 Å². The second kappa shape index (κ2) is 5.92. The number of nitriles is 1. The lowest BCUT2D eigenvalue weighted by molar-refractivity contribution is 0.154. The quantitative estimate of drug-likeness (QED) is 0.842. The second-order valence-electron chi connectivity index (χ2n) is 5.17. The number of benzene rings is 1. The summed E-state index contributed by atoms with van der Waals surface area (Å²) in [5, 5.41) is 8.87. The predicted octanol–water partition coefficient (Wildman–Crippen LogP) is 1.27. The van der Waals surface area contributed by atoms with E-state index in [1.165, 1.54) is 10.4 Å². The van der Waals surface area contributed by atoms with Crippen LogP contribution in [-0.4, -0.2) is 49.8 Å². The first kappa shape index (κ1) is 15.0. The first-order valence-corrected chi connectivity index (χ1v) is 8.13. The number of rotatable bonds is 3. The highest BCUT2D eigenvalue weighted by atomic mass is 32.2. The van der Waals surface area contributed by atoms with Gasteiger partial charge in [-0.1, -0.05) is 6.07 Å². The molecule has 1 aliphatic heterocycles. The van der Waals surface area contributed by atoms with Crippen molar-refractivity contribution in [3.63, 3.8) is 0 Å². The summed E-state index contributed by atoms with van der Waals surface area (Å²) in [6.07, 6.45) is 0. The fraction of sp³-hybridized carbons (Fsp3) is 0.500. The molecular formula is C14H19N3O2S. The van der Waals surface area contributed by atoms with E-state index in [1.54, 1.807) is 18.2 Å². The Balaban J connectivity index is 2.18. The molecule has 5 nitrogen and oxygen atoms in total.